The number of rotatable bonds is 4. The minimum Gasteiger partial charge on any atom is -0.332 e. The van der Waals surface area contributed by atoms with Gasteiger partial charge in [-0.2, -0.15) is 0 Å². The number of benzene rings is 2. The lowest BCUT2D eigenvalue weighted by atomic mass is 9.81. The van der Waals surface area contributed by atoms with Crippen molar-refractivity contribution in [1.29, 1.82) is 0 Å². The quantitative estimate of drug-likeness (QED) is 0.615. The van der Waals surface area contributed by atoms with Crippen LogP contribution in [0.25, 0.3) is 10.9 Å². The van der Waals surface area contributed by atoms with E-state index in [1.165, 1.54) is 12.1 Å². The number of aromatic nitrogens is 2. The van der Waals surface area contributed by atoms with Crippen LogP contribution in [-0.2, 0) is 11.3 Å². The minimum atomic E-state index is -0.328. The fourth-order valence-electron chi connectivity index (χ4n) is 4.01. The van der Waals surface area contributed by atoms with E-state index in [1.807, 2.05) is 18.2 Å². The van der Waals surface area contributed by atoms with E-state index >= 15 is 0 Å². The Hall–Kier alpha value is -2.80. The Kier molecular flexibility index (Phi) is 5.58. The molecule has 0 unspecified atom stereocenters. The fourth-order valence-corrected chi connectivity index (χ4v) is 4.28. The fraction of sp³-hybridized carbons (Fsp3) is 0.318. The number of para-hydroxylation sites is 1. The van der Waals surface area contributed by atoms with Crippen LogP contribution in [0, 0.1) is 22.4 Å². The molecule has 0 atom stereocenters. The van der Waals surface area contributed by atoms with E-state index in [-0.39, 0.29) is 23.2 Å². The van der Waals surface area contributed by atoms with Gasteiger partial charge in [0.2, 0.25) is 5.91 Å². The summed E-state index contributed by atoms with van der Waals surface area (Å²) < 4.78 is 15.1. The van der Waals surface area contributed by atoms with E-state index < -0.39 is 0 Å². The number of carbonyl (C=O) groups excluding carboxylic acids is 1. The molecule has 29 heavy (non-hydrogen) atoms. The number of nitrogens with zero attached hydrogens (tertiary/aromatic N) is 1. The van der Waals surface area contributed by atoms with Crippen molar-refractivity contribution in [2.45, 2.75) is 32.2 Å². The van der Waals surface area contributed by atoms with Gasteiger partial charge < -0.3 is 10.3 Å². The number of hydrogen-bond acceptors (Lipinski definition) is 3. The standard InChI is InChI=1S/C22H22FN3O2S/c23-16-9-11-17(12-10-16)24-20(27)15-7-5-14(6-8-15)13-26-21(28)18-3-1-2-4-19(18)25-22(26)29/h1-4,9-12,14-15H,5-8,13H2,(H,24,27)(H,25,29). The molecule has 0 bridgehead atoms. The molecule has 0 spiro atoms. The lowest BCUT2D eigenvalue weighted by Gasteiger charge is -2.28. The van der Waals surface area contributed by atoms with E-state index in [0.717, 1.165) is 31.2 Å². The third kappa shape index (κ3) is 4.29. The Labute approximate surface area is 172 Å². The molecule has 7 heteroatoms. The van der Waals surface area contributed by atoms with Crippen LogP contribution in [0.3, 0.4) is 0 Å². The molecule has 4 rings (SSSR count). The monoisotopic (exact) mass is 411 g/mol. The Morgan fingerprint density at radius 1 is 1.10 bits per heavy atom. The van der Waals surface area contributed by atoms with Gasteiger partial charge in [-0.3, -0.25) is 14.2 Å². The molecule has 1 saturated carbocycles. The molecule has 0 saturated heterocycles. The van der Waals surface area contributed by atoms with Gasteiger partial charge in [0.05, 0.1) is 10.9 Å². The zero-order valence-corrected chi connectivity index (χ0v) is 16.7. The number of carbonyl (C=O) groups is 1. The highest BCUT2D eigenvalue weighted by atomic mass is 32.1. The van der Waals surface area contributed by atoms with Gasteiger partial charge in [-0.15, -0.1) is 0 Å². The first-order valence-electron chi connectivity index (χ1n) is 9.79. The van der Waals surface area contributed by atoms with Gasteiger partial charge in [0.1, 0.15) is 5.82 Å². The number of anilines is 1. The maximum absolute atomic E-state index is 13.0. The van der Waals surface area contributed by atoms with Crippen molar-refractivity contribution in [1.82, 2.24) is 9.55 Å². The number of hydrogen-bond donors (Lipinski definition) is 2. The van der Waals surface area contributed by atoms with E-state index in [9.17, 15) is 14.0 Å². The second-order valence-corrected chi connectivity index (χ2v) is 7.99. The summed E-state index contributed by atoms with van der Waals surface area (Å²) in [5.74, 6) is -0.126. The van der Waals surface area contributed by atoms with Crippen molar-refractivity contribution in [2.75, 3.05) is 5.32 Å². The third-order valence-corrected chi connectivity index (χ3v) is 5.98. The summed E-state index contributed by atoms with van der Waals surface area (Å²) in [6.45, 7) is 0.561. The molecule has 2 N–H and O–H groups in total. The van der Waals surface area contributed by atoms with Crippen LogP contribution in [-0.4, -0.2) is 15.5 Å². The predicted molar refractivity (Wildman–Crippen MR) is 114 cm³/mol. The lowest BCUT2D eigenvalue weighted by molar-refractivity contribution is -0.121. The van der Waals surface area contributed by atoms with E-state index in [2.05, 4.69) is 10.3 Å². The van der Waals surface area contributed by atoms with Gasteiger partial charge in [-0.25, -0.2) is 4.39 Å². The highest BCUT2D eigenvalue weighted by molar-refractivity contribution is 7.71. The van der Waals surface area contributed by atoms with Gasteiger partial charge in [0.25, 0.3) is 5.56 Å². The second kappa shape index (κ2) is 8.29. The van der Waals surface area contributed by atoms with Crippen LogP contribution >= 0.6 is 12.2 Å². The van der Waals surface area contributed by atoms with Gasteiger partial charge in [0.15, 0.2) is 4.77 Å². The summed E-state index contributed by atoms with van der Waals surface area (Å²) in [4.78, 5) is 28.4. The molecule has 1 aliphatic carbocycles. The molecule has 1 amide bonds. The Morgan fingerprint density at radius 2 is 1.79 bits per heavy atom. The highest BCUT2D eigenvalue weighted by Crippen LogP contribution is 2.30. The van der Waals surface area contributed by atoms with Crippen LogP contribution in [0.4, 0.5) is 10.1 Å². The Morgan fingerprint density at radius 3 is 2.52 bits per heavy atom. The number of H-pyrrole nitrogens is 1. The zero-order valence-electron chi connectivity index (χ0n) is 15.9. The number of amides is 1. The molecular weight excluding hydrogens is 389 g/mol. The first kappa shape index (κ1) is 19.5. The van der Waals surface area contributed by atoms with Crippen LogP contribution < -0.4 is 10.9 Å². The topological polar surface area (TPSA) is 66.9 Å². The van der Waals surface area contributed by atoms with Gasteiger partial charge in [-0.05, 0) is 80.2 Å². The zero-order chi connectivity index (χ0) is 20.4. The molecule has 0 radical (unpaired) electrons. The van der Waals surface area contributed by atoms with E-state index in [1.54, 1.807) is 22.8 Å². The van der Waals surface area contributed by atoms with Crippen LogP contribution in [0.15, 0.2) is 53.3 Å². The Bertz CT molecular complexity index is 1150. The van der Waals surface area contributed by atoms with Gasteiger partial charge in [0, 0.05) is 18.2 Å². The summed E-state index contributed by atoms with van der Waals surface area (Å²) in [7, 11) is 0. The molecule has 1 aliphatic rings. The first-order chi connectivity index (χ1) is 14.0. The molecule has 150 valence electrons. The number of nitrogens with one attached hydrogen (secondary N) is 2. The van der Waals surface area contributed by atoms with Crippen molar-refractivity contribution >= 4 is 34.7 Å². The molecule has 1 aromatic heterocycles. The van der Waals surface area contributed by atoms with E-state index in [0.29, 0.717) is 28.3 Å². The van der Waals surface area contributed by atoms with Crippen molar-refractivity contribution in [3.8, 4) is 0 Å². The molecular formula is C22H22FN3O2S. The number of aromatic amines is 1. The van der Waals surface area contributed by atoms with Crippen LogP contribution in [0.1, 0.15) is 25.7 Å². The summed E-state index contributed by atoms with van der Waals surface area (Å²) in [5, 5.41) is 3.49. The molecule has 3 aromatic rings. The average Bonchev–Trinajstić information content (AvgIpc) is 2.73. The number of fused-ring (bicyclic) bond motifs is 1. The molecule has 5 nitrogen and oxygen atoms in total. The molecule has 0 aliphatic heterocycles. The first-order valence-corrected chi connectivity index (χ1v) is 10.2. The van der Waals surface area contributed by atoms with Gasteiger partial charge >= 0.3 is 0 Å². The largest absolute Gasteiger partial charge is 0.332 e. The van der Waals surface area contributed by atoms with E-state index in [4.69, 9.17) is 12.2 Å². The SMILES string of the molecule is O=C(Nc1ccc(F)cc1)C1CCC(Cn2c(=S)[nH]c3ccccc3c2=O)CC1. The summed E-state index contributed by atoms with van der Waals surface area (Å²) >= 11 is 5.40. The second-order valence-electron chi connectivity index (χ2n) is 7.61. The van der Waals surface area contributed by atoms with Crippen LogP contribution in [0.2, 0.25) is 0 Å². The van der Waals surface area contributed by atoms with Gasteiger partial charge in [-0.1, -0.05) is 12.1 Å². The third-order valence-electron chi connectivity index (χ3n) is 5.66. The Balaban J connectivity index is 1.39. The molecule has 1 heterocycles. The minimum absolute atomic E-state index is 0.0322. The normalized spacial score (nSPS) is 19.2. The maximum atomic E-state index is 13.0. The van der Waals surface area contributed by atoms with Crippen LogP contribution in [0.5, 0.6) is 0 Å². The van der Waals surface area contributed by atoms with Crippen molar-refractivity contribution in [3.63, 3.8) is 0 Å². The molecule has 1 fully saturated rings. The summed E-state index contributed by atoms with van der Waals surface area (Å²) in [6, 6.07) is 13.1. The maximum Gasteiger partial charge on any atom is 0.262 e. The van der Waals surface area contributed by atoms with Crippen molar-refractivity contribution in [3.05, 3.63) is 69.5 Å². The average molecular weight is 412 g/mol. The number of halogens is 1. The highest BCUT2D eigenvalue weighted by Gasteiger charge is 2.27. The smallest absolute Gasteiger partial charge is 0.262 e. The lowest BCUT2D eigenvalue weighted by Crippen LogP contribution is -2.31. The summed E-state index contributed by atoms with van der Waals surface area (Å²) in [5.41, 5.74) is 1.29. The predicted octanol–water partition coefficient (Wildman–Crippen LogP) is 4.64. The molecule has 2 aromatic carbocycles. The summed E-state index contributed by atoms with van der Waals surface area (Å²) in [6.07, 6.45) is 3.23. The van der Waals surface area contributed by atoms with Crippen molar-refractivity contribution in [2.24, 2.45) is 11.8 Å². The van der Waals surface area contributed by atoms with Crippen molar-refractivity contribution < 1.29 is 9.18 Å².